The summed E-state index contributed by atoms with van der Waals surface area (Å²) in [5.41, 5.74) is 0. The van der Waals surface area contributed by atoms with Crippen molar-refractivity contribution < 1.29 is 5.11 Å². The van der Waals surface area contributed by atoms with E-state index in [1.807, 2.05) is 6.92 Å². The summed E-state index contributed by atoms with van der Waals surface area (Å²) in [6.45, 7) is 4.21. The zero-order chi connectivity index (χ0) is 7.56. The second kappa shape index (κ2) is 3.38. The molecule has 10 heavy (non-hydrogen) atoms. The van der Waals surface area contributed by atoms with Crippen molar-refractivity contribution in [3.8, 4) is 0 Å². The summed E-state index contributed by atoms with van der Waals surface area (Å²) in [7, 11) is 0. The molecule has 1 aliphatic rings. The van der Waals surface area contributed by atoms with Gasteiger partial charge in [-0.2, -0.15) is 0 Å². The van der Waals surface area contributed by atoms with Crippen LogP contribution in [0.1, 0.15) is 39.5 Å². The van der Waals surface area contributed by atoms with Gasteiger partial charge in [0.05, 0.1) is 6.10 Å². The predicted molar refractivity (Wildman–Crippen MR) is 42.8 cm³/mol. The maximum atomic E-state index is 9.29. The fourth-order valence-corrected chi connectivity index (χ4v) is 1.92. The first-order chi connectivity index (χ1) is 4.70. The van der Waals surface area contributed by atoms with Gasteiger partial charge in [-0.25, -0.2) is 0 Å². The number of hydrogen-bond acceptors (Lipinski definition) is 1. The Labute approximate surface area is 63.4 Å². The van der Waals surface area contributed by atoms with Crippen LogP contribution < -0.4 is 0 Å². The lowest BCUT2D eigenvalue weighted by atomic mass is 9.80. The Bertz CT molecular complexity index is 98.9. The number of rotatable bonds is 1. The topological polar surface area (TPSA) is 20.2 Å². The van der Waals surface area contributed by atoms with Crippen LogP contribution in [0.15, 0.2) is 0 Å². The zero-order valence-electron chi connectivity index (χ0n) is 7.01. The molecule has 0 aromatic heterocycles. The van der Waals surface area contributed by atoms with E-state index in [2.05, 4.69) is 6.92 Å². The molecular formula is C9H18O. The van der Waals surface area contributed by atoms with Crippen LogP contribution in [-0.4, -0.2) is 11.2 Å². The number of aliphatic hydroxyl groups excluding tert-OH is 1. The van der Waals surface area contributed by atoms with Crippen LogP contribution in [0, 0.1) is 11.8 Å². The van der Waals surface area contributed by atoms with E-state index in [9.17, 15) is 5.11 Å². The maximum absolute atomic E-state index is 9.29. The van der Waals surface area contributed by atoms with E-state index in [4.69, 9.17) is 0 Å². The van der Waals surface area contributed by atoms with E-state index in [0.717, 1.165) is 5.92 Å². The van der Waals surface area contributed by atoms with Crippen molar-refractivity contribution in [1.29, 1.82) is 0 Å². The van der Waals surface area contributed by atoms with Gasteiger partial charge in [-0.05, 0) is 31.6 Å². The third-order valence-electron chi connectivity index (χ3n) is 2.66. The molecule has 0 bridgehead atoms. The first kappa shape index (κ1) is 8.06. The van der Waals surface area contributed by atoms with Crippen molar-refractivity contribution >= 4 is 0 Å². The quantitative estimate of drug-likeness (QED) is 0.595. The van der Waals surface area contributed by atoms with E-state index in [1.165, 1.54) is 25.7 Å². The smallest absolute Gasteiger partial charge is 0.0540 e. The average molecular weight is 142 g/mol. The van der Waals surface area contributed by atoms with Gasteiger partial charge < -0.3 is 5.11 Å². The SMILES string of the molecule is CC(O)[C@H]1CCC[C@H](C)C1. The molecule has 3 atom stereocenters. The molecule has 1 unspecified atom stereocenters. The fourth-order valence-electron chi connectivity index (χ4n) is 1.92. The highest BCUT2D eigenvalue weighted by molar-refractivity contribution is 4.73. The van der Waals surface area contributed by atoms with E-state index >= 15 is 0 Å². The van der Waals surface area contributed by atoms with Crippen molar-refractivity contribution in [2.45, 2.75) is 45.6 Å². The summed E-state index contributed by atoms with van der Waals surface area (Å²) >= 11 is 0. The molecule has 1 saturated carbocycles. The van der Waals surface area contributed by atoms with Crippen molar-refractivity contribution in [3.63, 3.8) is 0 Å². The van der Waals surface area contributed by atoms with Gasteiger partial charge in [0.15, 0.2) is 0 Å². The summed E-state index contributed by atoms with van der Waals surface area (Å²) in [5.74, 6) is 1.43. The van der Waals surface area contributed by atoms with Crippen LogP contribution in [-0.2, 0) is 0 Å². The van der Waals surface area contributed by atoms with Crippen LogP contribution in [0.5, 0.6) is 0 Å². The first-order valence-corrected chi connectivity index (χ1v) is 4.38. The number of hydrogen-bond donors (Lipinski definition) is 1. The second-order valence-electron chi connectivity index (χ2n) is 3.77. The minimum absolute atomic E-state index is 0.0808. The predicted octanol–water partition coefficient (Wildman–Crippen LogP) is 2.19. The average Bonchev–Trinajstić information content (AvgIpc) is 1.88. The number of aliphatic hydroxyl groups is 1. The molecule has 1 fully saturated rings. The Morgan fingerprint density at radius 2 is 2.10 bits per heavy atom. The standard InChI is InChI=1S/C9H18O/c1-7-4-3-5-9(6-7)8(2)10/h7-10H,3-6H2,1-2H3/t7-,8?,9-/m0/s1. The molecule has 1 rings (SSSR count). The van der Waals surface area contributed by atoms with Crippen molar-refractivity contribution in [3.05, 3.63) is 0 Å². The lowest BCUT2D eigenvalue weighted by Crippen LogP contribution is -2.23. The van der Waals surface area contributed by atoms with Gasteiger partial charge in [0.25, 0.3) is 0 Å². The van der Waals surface area contributed by atoms with E-state index in [1.54, 1.807) is 0 Å². The molecule has 1 aliphatic carbocycles. The molecule has 0 saturated heterocycles. The molecule has 60 valence electrons. The van der Waals surface area contributed by atoms with Crippen LogP contribution in [0.2, 0.25) is 0 Å². The second-order valence-corrected chi connectivity index (χ2v) is 3.77. The highest BCUT2D eigenvalue weighted by Gasteiger charge is 2.21. The molecule has 1 nitrogen and oxygen atoms in total. The molecule has 0 amide bonds. The van der Waals surface area contributed by atoms with Crippen molar-refractivity contribution in [2.75, 3.05) is 0 Å². The molecule has 0 aromatic rings. The van der Waals surface area contributed by atoms with E-state index < -0.39 is 0 Å². The Morgan fingerprint density at radius 3 is 2.50 bits per heavy atom. The first-order valence-electron chi connectivity index (χ1n) is 4.38. The molecule has 1 heteroatoms. The fraction of sp³-hybridized carbons (Fsp3) is 1.00. The zero-order valence-corrected chi connectivity index (χ0v) is 7.01. The highest BCUT2D eigenvalue weighted by Crippen LogP contribution is 2.30. The van der Waals surface area contributed by atoms with Gasteiger partial charge in [-0.15, -0.1) is 0 Å². The Hall–Kier alpha value is -0.0400. The normalized spacial score (nSPS) is 37.5. The summed E-state index contributed by atoms with van der Waals surface area (Å²) < 4.78 is 0. The summed E-state index contributed by atoms with van der Waals surface area (Å²) in [5, 5.41) is 9.29. The molecular weight excluding hydrogens is 124 g/mol. The van der Waals surface area contributed by atoms with Crippen molar-refractivity contribution in [2.24, 2.45) is 11.8 Å². The summed E-state index contributed by atoms with van der Waals surface area (Å²) in [4.78, 5) is 0. The molecule has 0 radical (unpaired) electrons. The van der Waals surface area contributed by atoms with Gasteiger partial charge in [0, 0.05) is 0 Å². The van der Waals surface area contributed by atoms with E-state index in [-0.39, 0.29) is 6.10 Å². The minimum Gasteiger partial charge on any atom is -0.393 e. The summed E-state index contributed by atoms with van der Waals surface area (Å²) in [6, 6.07) is 0. The van der Waals surface area contributed by atoms with Crippen LogP contribution >= 0.6 is 0 Å². The third kappa shape index (κ3) is 1.98. The van der Waals surface area contributed by atoms with Gasteiger partial charge in [-0.3, -0.25) is 0 Å². The van der Waals surface area contributed by atoms with Gasteiger partial charge in [-0.1, -0.05) is 19.8 Å². The minimum atomic E-state index is -0.0808. The van der Waals surface area contributed by atoms with Crippen molar-refractivity contribution in [1.82, 2.24) is 0 Å². The van der Waals surface area contributed by atoms with Gasteiger partial charge >= 0.3 is 0 Å². The van der Waals surface area contributed by atoms with Crippen LogP contribution in [0.4, 0.5) is 0 Å². The molecule has 1 N–H and O–H groups in total. The molecule has 0 aliphatic heterocycles. The summed E-state index contributed by atoms with van der Waals surface area (Å²) in [6.07, 6.45) is 5.07. The Kier molecular flexibility index (Phi) is 2.72. The largest absolute Gasteiger partial charge is 0.393 e. The highest BCUT2D eigenvalue weighted by atomic mass is 16.3. The van der Waals surface area contributed by atoms with Gasteiger partial charge in [0.2, 0.25) is 0 Å². The molecule has 0 aromatic carbocycles. The van der Waals surface area contributed by atoms with Crippen LogP contribution in [0.3, 0.4) is 0 Å². The monoisotopic (exact) mass is 142 g/mol. The Morgan fingerprint density at radius 1 is 1.40 bits per heavy atom. The molecule has 0 heterocycles. The van der Waals surface area contributed by atoms with Crippen LogP contribution in [0.25, 0.3) is 0 Å². The lowest BCUT2D eigenvalue weighted by molar-refractivity contribution is 0.0866. The van der Waals surface area contributed by atoms with Gasteiger partial charge in [0.1, 0.15) is 0 Å². The maximum Gasteiger partial charge on any atom is 0.0540 e. The van der Waals surface area contributed by atoms with E-state index in [0.29, 0.717) is 5.92 Å². The lowest BCUT2D eigenvalue weighted by Gasteiger charge is -2.28. The Balaban J connectivity index is 2.32. The molecule has 0 spiro atoms. The third-order valence-corrected chi connectivity index (χ3v) is 2.66.